The molecule has 2 amide bonds. The molecule has 4 N–H and O–H groups in total. The number of alkyl carbamates (subject to hydrolysis) is 1. The fraction of sp³-hybridized carbons (Fsp3) is 0.318. The van der Waals surface area contributed by atoms with Gasteiger partial charge in [0.25, 0.3) is 0 Å². The lowest BCUT2D eigenvalue weighted by Gasteiger charge is -2.17. The van der Waals surface area contributed by atoms with Crippen LogP contribution in [-0.2, 0) is 14.3 Å². The van der Waals surface area contributed by atoms with Crippen LogP contribution in [0.2, 0.25) is 0 Å². The predicted molar refractivity (Wildman–Crippen MR) is 109 cm³/mol. The number of aliphatic hydroxyl groups excluding tert-OH is 1. The minimum atomic E-state index is -1.67. The molecule has 0 radical (unpaired) electrons. The lowest BCUT2D eigenvalue weighted by molar-refractivity contribution is -0.146. The summed E-state index contributed by atoms with van der Waals surface area (Å²) in [5, 5.41) is 22.7. The minimum absolute atomic E-state index is 0.0562. The summed E-state index contributed by atoms with van der Waals surface area (Å²) in [5.74, 6) is -1.96. The van der Waals surface area contributed by atoms with E-state index in [1.165, 1.54) is 0 Å². The molecule has 0 saturated carbocycles. The van der Waals surface area contributed by atoms with E-state index in [4.69, 9.17) is 14.9 Å². The van der Waals surface area contributed by atoms with Crippen molar-refractivity contribution in [2.45, 2.75) is 31.4 Å². The van der Waals surface area contributed by atoms with Crippen molar-refractivity contribution < 1.29 is 29.3 Å². The summed E-state index contributed by atoms with van der Waals surface area (Å²) in [4.78, 5) is 34.5. The first-order chi connectivity index (χ1) is 14.4. The largest absolute Gasteiger partial charge is 0.479 e. The van der Waals surface area contributed by atoms with Crippen LogP contribution in [0.1, 0.15) is 30.4 Å². The number of aliphatic hydroxyl groups is 1. The Labute approximate surface area is 173 Å². The van der Waals surface area contributed by atoms with Crippen LogP contribution in [0, 0.1) is 0 Å². The number of carbonyl (C=O) groups excluding carboxylic acids is 2. The maximum absolute atomic E-state index is 12.2. The topological polar surface area (TPSA) is 125 Å². The Morgan fingerprint density at radius 1 is 1.03 bits per heavy atom. The van der Waals surface area contributed by atoms with Crippen molar-refractivity contribution in [2.75, 3.05) is 13.2 Å². The maximum Gasteiger partial charge on any atom is 0.407 e. The van der Waals surface area contributed by atoms with Crippen molar-refractivity contribution in [1.82, 2.24) is 10.6 Å². The Morgan fingerprint density at radius 2 is 1.60 bits per heavy atom. The SMILES string of the molecule is C[C@H](CC(=O)NCC(O)C(=O)O)NC(=O)OCC1c2ccccc2-c2ccccc21. The molecule has 2 aromatic carbocycles. The number of ether oxygens (including phenoxy) is 1. The van der Waals surface area contributed by atoms with Gasteiger partial charge in [0.05, 0.1) is 6.54 Å². The van der Waals surface area contributed by atoms with Crippen LogP contribution in [0.25, 0.3) is 11.1 Å². The number of amides is 2. The number of aliphatic carboxylic acids is 1. The monoisotopic (exact) mass is 412 g/mol. The molecule has 158 valence electrons. The summed E-state index contributed by atoms with van der Waals surface area (Å²) in [6.07, 6.45) is -2.38. The van der Waals surface area contributed by atoms with Crippen molar-refractivity contribution in [3.63, 3.8) is 0 Å². The van der Waals surface area contributed by atoms with Gasteiger partial charge < -0.3 is 25.6 Å². The Kier molecular flexibility index (Phi) is 6.68. The van der Waals surface area contributed by atoms with Crippen LogP contribution in [0.4, 0.5) is 4.79 Å². The van der Waals surface area contributed by atoms with Crippen LogP contribution in [0.5, 0.6) is 0 Å². The molecule has 0 aliphatic heterocycles. The van der Waals surface area contributed by atoms with Gasteiger partial charge in [-0.1, -0.05) is 48.5 Å². The van der Waals surface area contributed by atoms with Gasteiger partial charge in [-0.2, -0.15) is 0 Å². The molecular weight excluding hydrogens is 388 g/mol. The van der Waals surface area contributed by atoms with Gasteiger partial charge in [0.2, 0.25) is 5.91 Å². The van der Waals surface area contributed by atoms with Crippen LogP contribution in [-0.4, -0.2) is 53.5 Å². The van der Waals surface area contributed by atoms with Crippen molar-refractivity contribution >= 4 is 18.0 Å². The average Bonchev–Trinajstić information content (AvgIpc) is 3.04. The molecule has 0 spiro atoms. The molecular formula is C22H24N2O6. The fourth-order valence-corrected chi connectivity index (χ4v) is 3.54. The van der Waals surface area contributed by atoms with Crippen molar-refractivity contribution in [3.05, 3.63) is 59.7 Å². The highest BCUT2D eigenvalue weighted by molar-refractivity contribution is 5.80. The van der Waals surface area contributed by atoms with Crippen LogP contribution in [0.15, 0.2) is 48.5 Å². The third kappa shape index (κ3) is 4.96. The van der Waals surface area contributed by atoms with Crippen LogP contribution >= 0.6 is 0 Å². The second-order valence-electron chi connectivity index (χ2n) is 7.23. The molecule has 3 rings (SSSR count). The van der Waals surface area contributed by atoms with Crippen molar-refractivity contribution in [1.29, 1.82) is 0 Å². The predicted octanol–water partition coefficient (Wildman–Crippen LogP) is 1.87. The summed E-state index contributed by atoms with van der Waals surface area (Å²) < 4.78 is 5.42. The van der Waals surface area contributed by atoms with E-state index >= 15 is 0 Å². The number of carboxylic acids is 1. The third-order valence-corrected chi connectivity index (χ3v) is 4.98. The molecule has 0 aromatic heterocycles. The van der Waals surface area contributed by atoms with Crippen molar-refractivity contribution in [2.24, 2.45) is 0 Å². The first kappa shape index (κ1) is 21.3. The van der Waals surface area contributed by atoms with E-state index in [1.807, 2.05) is 36.4 Å². The highest BCUT2D eigenvalue weighted by Gasteiger charge is 2.29. The van der Waals surface area contributed by atoms with Gasteiger partial charge >= 0.3 is 12.1 Å². The minimum Gasteiger partial charge on any atom is -0.479 e. The maximum atomic E-state index is 12.2. The highest BCUT2D eigenvalue weighted by Crippen LogP contribution is 2.44. The Balaban J connectivity index is 1.50. The molecule has 30 heavy (non-hydrogen) atoms. The molecule has 0 fully saturated rings. The summed E-state index contributed by atoms with van der Waals surface area (Å²) in [6.45, 7) is 1.41. The molecule has 8 nitrogen and oxygen atoms in total. The molecule has 0 bridgehead atoms. The average molecular weight is 412 g/mol. The molecule has 8 heteroatoms. The number of benzene rings is 2. The van der Waals surface area contributed by atoms with E-state index in [0.717, 1.165) is 22.3 Å². The van der Waals surface area contributed by atoms with Gasteiger partial charge in [-0.25, -0.2) is 9.59 Å². The molecule has 1 unspecified atom stereocenters. The van der Waals surface area contributed by atoms with E-state index in [2.05, 4.69) is 22.8 Å². The summed E-state index contributed by atoms with van der Waals surface area (Å²) in [7, 11) is 0. The van der Waals surface area contributed by atoms with Gasteiger partial charge in [0.1, 0.15) is 6.61 Å². The summed E-state index contributed by atoms with van der Waals surface area (Å²) in [5.41, 5.74) is 4.48. The zero-order chi connectivity index (χ0) is 21.7. The van der Waals surface area contributed by atoms with E-state index in [9.17, 15) is 14.4 Å². The van der Waals surface area contributed by atoms with E-state index in [1.54, 1.807) is 6.92 Å². The normalized spacial score (nSPS) is 14.2. The second-order valence-corrected chi connectivity index (χ2v) is 7.23. The first-order valence-electron chi connectivity index (χ1n) is 9.66. The summed E-state index contributed by atoms with van der Waals surface area (Å²) >= 11 is 0. The van der Waals surface area contributed by atoms with Gasteiger partial charge in [-0.05, 0) is 29.2 Å². The number of carbonyl (C=O) groups is 3. The standard InChI is InChI=1S/C22H24N2O6/c1-13(10-20(26)23-11-19(25)21(27)28)24-22(29)30-12-18-16-8-4-2-6-14(16)15-7-3-5-9-17(15)18/h2-9,13,18-19,25H,10-12H2,1H3,(H,23,26)(H,24,29)(H,27,28)/t13-,19?/m1/s1. The number of rotatable bonds is 8. The Hall–Kier alpha value is -3.39. The molecule has 2 aromatic rings. The van der Waals surface area contributed by atoms with Gasteiger partial charge in [0.15, 0.2) is 6.10 Å². The third-order valence-electron chi connectivity index (χ3n) is 4.98. The van der Waals surface area contributed by atoms with Crippen LogP contribution < -0.4 is 10.6 Å². The quantitative estimate of drug-likeness (QED) is 0.525. The molecule has 1 aliphatic carbocycles. The lowest BCUT2D eigenvalue weighted by Crippen LogP contribution is -2.41. The first-order valence-corrected chi connectivity index (χ1v) is 9.66. The van der Waals surface area contributed by atoms with Gasteiger partial charge in [-0.3, -0.25) is 4.79 Å². The zero-order valence-corrected chi connectivity index (χ0v) is 16.5. The highest BCUT2D eigenvalue weighted by atomic mass is 16.5. The van der Waals surface area contributed by atoms with Gasteiger partial charge in [0, 0.05) is 18.4 Å². The number of hydrogen-bond acceptors (Lipinski definition) is 5. The fourth-order valence-electron chi connectivity index (χ4n) is 3.54. The molecule has 0 heterocycles. The Bertz CT molecular complexity index is 899. The second kappa shape index (κ2) is 9.41. The number of nitrogens with one attached hydrogen (secondary N) is 2. The molecule has 0 saturated heterocycles. The van der Waals surface area contributed by atoms with E-state index in [0.29, 0.717) is 0 Å². The van der Waals surface area contributed by atoms with Crippen molar-refractivity contribution in [3.8, 4) is 11.1 Å². The molecule has 2 atom stereocenters. The smallest absolute Gasteiger partial charge is 0.407 e. The number of hydrogen-bond donors (Lipinski definition) is 4. The lowest BCUT2D eigenvalue weighted by atomic mass is 9.98. The molecule has 1 aliphatic rings. The number of fused-ring (bicyclic) bond motifs is 3. The zero-order valence-electron chi connectivity index (χ0n) is 16.5. The van der Waals surface area contributed by atoms with E-state index < -0.39 is 36.7 Å². The van der Waals surface area contributed by atoms with Crippen LogP contribution in [0.3, 0.4) is 0 Å². The van der Waals surface area contributed by atoms with Gasteiger partial charge in [-0.15, -0.1) is 0 Å². The Morgan fingerprint density at radius 3 is 2.17 bits per heavy atom. The summed E-state index contributed by atoms with van der Waals surface area (Å²) in [6, 6.07) is 15.5. The van der Waals surface area contributed by atoms with E-state index in [-0.39, 0.29) is 18.9 Å². The number of carboxylic acid groups (broad SMARTS) is 1.